The van der Waals surface area contributed by atoms with Crippen LogP contribution in [-0.4, -0.2) is 39.0 Å². The van der Waals surface area contributed by atoms with Crippen LogP contribution in [0.1, 0.15) is 63.5 Å². The summed E-state index contributed by atoms with van der Waals surface area (Å²) >= 11 is 0. The van der Waals surface area contributed by atoms with Crippen molar-refractivity contribution in [1.29, 1.82) is 5.26 Å². The molecule has 1 aromatic heterocycles. The lowest BCUT2D eigenvalue weighted by molar-refractivity contribution is -0.122. The van der Waals surface area contributed by atoms with E-state index >= 15 is 0 Å². The summed E-state index contributed by atoms with van der Waals surface area (Å²) in [6.07, 6.45) is 11.9. The van der Waals surface area contributed by atoms with Crippen molar-refractivity contribution in [2.45, 2.75) is 75.2 Å². The van der Waals surface area contributed by atoms with E-state index in [-0.39, 0.29) is 23.7 Å². The first-order chi connectivity index (χ1) is 13.2. The molecule has 2 aliphatic rings. The summed E-state index contributed by atoms with van der Waals surface area (Å²) in [6, 6.07) is 2.24. The Morgan fingerprint density at radius 3 is 2.78 bits per heavy atom. The number of nitriles is 1. The van der Waals surface area contributed by atoms with Gasteiger partial charge < -0.3 is 10.1 Å². The third-order valence-electron chi connectivity index (χ3n) is 5.00. The second-order valence-electron chi connectivity index (χ2n) is 7.06. The van der Waals surface area contributed by atoms with Crippen molar-refractivity contribution in [2.24, 2.45) is 0 Å². The Hall–Kier alpha value is -1.46. The number of ether oxygens (including phenoxy) is 1. The van der Waals surface area contributed by atoms with Gasteiger partial charge in [-0.3, -0.25) is 4.79 Å². The Kier molecular flexibility index (Phi) is 8.09. The molecule has 0 radical (unpaired) electrons. The first kappa shape index (κ1) is 20.3. The van der Waals surface area contributed by atoms with Gasteiger partial charge in [0.15, 0.2) is 0 Å². The van der Waals surface area contributed by atoms with Crippen LogP contribution in [0, 0.1) is 11.3 Å². The predicted molar refractivity (Wildman–Crippen MR) is 108 cm³/mol. The average Bonchev–Trinajstić information content (AvgIpc) is 3.21. The summed E-state index contributed by atoms with van der Waals surface area (Å²) < 4.78 is 5.85. The third kappa shape index (κ3) is 6.58. The summed E-state index contributed by atoms with van der Waals surface area (Å²) in [7, 11) is 3.99. The minimum Gasteiger partial charge on any atom is -0.472 e. The van der Waals surface area contributed by atoms with Crippen molar-refractivity contribution < 1.29 is 9.53 Å². The quantitative estimate of drug-likeness (QED) is 0.518. The zero-order valence-electron chi connectivity index (χ0n) is 15.4. The molecule has 1 saturated heterocycles. The van der Waals surface area contributed by atoms with Gasteiger partial charge in [0, 0.05) is 35.9 Å². The molecule has 8 heteroatoms. The van der Waals surface area contributed by atoms with Gasteiger partial charge in [-0.15, -0.1) is 0 Å². The van der Waals surface area contributed by atoms with Gasteiger partial charge in [-0.2, -0.15) is 5.26 Å². The monoisotopic (exact) mass is 406 g/mol. The van der Waals surface area contributed by atoms with Crippen LogP contribution in [0.3, 0.4) is 0 Å². The maximum Gasteiger partial charge on any atom is 0.251 e. The molecule has 1 aliphatic carbocycles. The molecule has 0 bridgehead atoms. The van der Waals surface area contributed by atoms with E-state index in [0.717, 1.165) is 43.8 Å². The molecule has 0 aromatic carbocycles. The van der Waals surface area contributed by atoms with Gasteiger partial charge >= 0.3 is 0 Å². The SMILES string of the molecule is N#Cc1nccnc1OC1CCC(NC(=O)CCCCC2CCSS2)CC1. The fraction of sp³-hybridized carbons (Fsp3) is 0.684. The number of hydrogen-bond acceptors (Lipinski definition) is 7. The lowest BCUT2D eigenvalue weighted by Crippen LogP contribution is -2.39. The van der Waals surface area contributed by atoms with E-state index in [1.54, 1.807) is 0 Å². The number of rotatable bonds is 8. The molecule has 1 unspecified atom stereocenters. The van der Waals surface area contributed by atoms with E-state index in [2.05, 4.69) is 15.3 Å². The standard InChI is InChI=1S/C19H26N4O2S2/c20-13-17-19(22-11-10-21-17)25-15-7-5-14(6-8-15)23-18(24)4-2-1-3-16-9-12-26-27-16/h10-11,14-16H,1-9,12H2,(H,23,24). The zero-order valence-corrected chi connectivity index (χ0v) is 17.1. The smallest absolute Gasteiger partial charge is 0.251 e. The number of hydrogen-bond donors (Lipinski definition) is 1. The minimum absolute atomic E-state index is 0.0312. The Bertz CT molecular complexity index is 653. The van der Waals surface area contributed by atoms with Gasteiger partial charge in [0.2, 0.25) is 11.6 Å². The zero-order chi connectivity index (χ0) is 18.9. The maximum absolute atomic E-state index is 12.2. The third-order valence-corrected chi connectivity index (χ3v) is 8.00. The molecule has 27 heavy (non-hydrogen) atoms. The van der Waals surface area contributed by atoms with Crippen molar-refractivity contribution in [3.05, 3.63) is 18.1 Å². The van der Waals surface area contributed by atoms with Crippen LogP contribution in [0.5, 0.6) is 5.88 Å². The normalized spacial score (nSPS) is 24.9. The van der Waals surface area contributed by atoms with Gasteiger partial charge in [0.05, 0.1) is 0 Å². The highest BCUT2D eigenvalue weighted by Gasteiger charge is 2.25. The minimum atomic E-state index is 0.0312. The highest BCUT2D eigenvalue weighted by atomic mass is 33.1. The van der Waals surface area contributed by atoms with Gasteiger partial charge in [-0.05, 0) is 44.9 Å². The highest BCUT2D eigenvalue weighted by molar-refractivity contribution is 8.77. The molecule has 1 N–H and O–H groups in total. The molecule has 3 rings (SSSR count). The lowest BCUT2D eigenvalue weighted by Gasteiger charge is -2.29. The molecule has 1 aromatic rings. The van der Waals surface area contributed by atoms with Crippen LogP contribution < -0.4 is 10.1 Å². The number of aromatic nitrogens is 2. The van der Waals surface area contributed by atoms with E-state index in [1.807, 2.05) is 27.7 Å². The number of nitrogens with zero attached hydrogens (tertiary/aromatic N) is 3. The van der Waals surface area contributed by atoms with E-state index in [1.165, 1.54) is 31.0 Å². The van der Waals surface area contributed by atoms with Crippen LogP contribution in [0.4, 0.5) is 0 Å². The average molecular weight is 407 g/mol. The molecule has 1 atom stereocenters. The molecule has 6 nitrogen and oxygen atoms in total. The second kappa shape index (κ2) is 10.8. The number of unbranched alkanes of at least 4 members (excludes halogenated alkanes) is 1. The largest absolute Gasteiger partial charge is 0.472 e. The van der Waals surface area contributed by atoms with E-state index in [4.69, 9.17) is 10.00 Å². The topological polar surface area (TPSA) is 87.9 Å². The highest BCUT2D eigenvalue weighted by Crippen LogP contribution is 2.39. The van der Waals surface area contributed by atoms with Crippen LogP contribution in [-0.2, 0) is 4.79 Å². The van der Waals surface area contributed by atoms with Crippen LogP contribution in [0.2, 0.25) is 0 Å². The van der Waals surface area contributed by atoms with E-state index < -0.39 is 0 Å². The van der Waals surface area contributed by atoms with Crippen LogP contribution >= 0.6 is 21.6 Å². The van der Waals surface area contributed by atoms with Gasteiger partial charge in [0.25, 0.3) is 5.88 Å². The van der Waals surface area contributed by atoms with Crippen molar-refractivity contribution in [1.82, 2.24) is 15.3 Å². The Morgan fingerprint density at radius 2 is 2.04 bits per heavy atom. The van der Waals surface area contributed by atoms with Crippen molar-refractivity contribution in [2.75, 3.05) is 5.75 Å². The van der Waals surface area contributed by atoms with Crippen molar-refractivity contribution >= 4 is 27.5 Å². The maximum atomic E-state index is 12.2. The summed E-state index contributed by atoms with van der Waals surface area (Å²) in [5.74, 6) is 1.76. The first-order valence-electron chi connectivity index (χ1n) is 9.70. The summed E-state index contributed by atoms with van der Waals surface area (Å²) in [4.78, 5) is 20.2. The van der Waals surface area contributed by atoms with Gasteiger partial charge in [-0.1, -0.05) is 28.0 Å². The van der Waals surface area contributed by atoms with Crippen LogP contribution in [0.15, 0.2) is 12.4 Å². The number of nitrogens with one attached hydrogen (secondary N) is 1. The Labute approximate surface area is 168 Å². The van der Waals surface area contributed by atoms with Gasteiger partial charge in [0.1, 0.15) is 12.2 Å². The number of carbonyl (C=O) groups excluding carboxylic acids is 1. The van der Waals surface area contributed by atoms with Crippen molar-refractivity contribution in [3.8, 4) is 11.9 Å². The summed E-state index contributed by atoms with van der Waals surface area (Å²) in [6.45, 7) is 0. The molecule has 2 fully saturated rings. The molecular formula is C19H26N4O2S2. The first-order valence-corrected chi connectivity index (χ1v) is 12.1. The van der Waals surface area contributed by atoms with E-state index in [9.17, 15) is 4.79 Å². The molecular weight excluding hydrogens is 380 g/mol. The molecule has 1 saturated carbocycles. The Morgan fingerprint density at radius 1 is 1.22 bits per heavy atom. The second-order valence-corrected chi connectivity index (χ2v) is 9.84. The Balaban J connectivity index is 1.30. The number of carbonyl (C=O) groups is 1. The van der Waals surface area contributed by atoms with Crippen LogP contribution in [0.25, 0.3) is 0 Å². The van der Waals surface area contributed by atoms with Gasteiger partial charge in [-0.25, -0.2) is 9.97 Å². The summed E-state index contributed by atoms with van der Waals surface area (Å²) in [5.41, 5.74) is 0.225. The fourth-order valence-corrected chi connectivity index (χ4v) is 6.52. The molecule has 1 aliphatic heterocycles. The molecule has 146 valence electrons. The molecule has 2 heterocycles. The fourth-order valence-electron chi connectivity index (χ4n) is 3.49. The lowest BCUT2D eigenvalue weighted by atomic mass is 9.92. The van der Waals surface area contributed by atoms with Crippen molar-refractivity contribution in [3.63, 3.8) is 0 Å². The predicted octanol–water partition coefficient (Wildman–Crippen LogP) is 3.87. The summed E-state index contributed by atoms with van der Waals surface area (Å²) in [5, 5.41) is 13.0. The molecule has 1 amide bonds. The number of amides is 1. The molecule has 0 spiro atoms. The van der Waals surface area contributed by atoms with E-state index in [0.29, 0.717) is 12.3 Å².